The van der Waals surface area contributed by atoms with Crippen LogP contribution in [0.3, 0.4) is 0 Å². The first kappa shape index (κ1) is 63.5. The van der Waals surface area contributed by atoms with Crippen molar-refractivity contribution in [2.75, 3.05) is 6.61 Å². The zero-order valence-electron chi connectivity index (χ0n) is 45.0. The number of hydrogen-bond acceptors (Lipinski definition) is 2. The van der Waals surface area contributed by atoms with Gasteiger partial charge in [-0.25, -0.2) is 0 Å². The number of unbranched alkanes of at least 4 members (excludes halogenated alkanes) is 55. The van der Waals surface area contributed by atoms with Gasteiger partial charge in [0, 0.05) is 6.42 Å². The fourth-order valence-electron chi connectivity index (χ4n) is 10.1. The standard InChI is InChI=1S/C62H124O2/c1-3-5-7-9-11-13-15-17-19-21-23-25-27-29-31-32-33-34-36-38-40-42-44-46-48-50-52-54-56-58-60-62(63)64-61-59-57-55-53-51-49-47-45-43-41-39-37-35-30-28-26-24-22-20-18-16-14-12-10-8-6-4-2/h3-61H2,1-2H3. The van der Waals surface area contributed by atoms with Crippen LogP contribution < -0.4 is 0 Å². The number of esters is 1. The van der Waals surface area contributed by atoms with Gasteiger partial charge in [0.2, 0.25) is 0 Å². The molecule has 0 saturated heterocycles. The highest BCUT2D eigenvalue weighted by Gasteiger charge is 2.04. The summed E-state index contributed by atoms with van der Waals surface area (Å²) in [6, 6.07) is 0. The van der Waals surface area contributed by atoms with Crippen LogP contribution in [-0.2, 0) is 9.53 Å². The second-order valence-corrected chi connectivity index (χ2v) is 21.4. The molecule has 0 aromatic carbocycles. The Hall–Kier alpha value is -0.530. The third-order valence-electron chi connectivity index (χ3n) is 14.7. The van der Waals surface area contributed by atoms with Gasteiger partial charge >= 0.3 is 5.97 Å². The van der Waals surface area contributed by atoms with Crippen molar-refractivity contribution in [2.24, 2.45) is 0 Å². The first-order valence-electron chi connectivity index (χ1n) is 31.0. The van der Waals surface area contributed by atoms with Crippen LogP contribution in [0.2, 0.25) is 0 Å². The van der Waals surface area contributed by atoms with Crippen molar-refractivity contribution in [3.8, 4) is 0 Å². The Labute approximate surface area is 406 Å². The van der Waals surface area contributed by atoms with Gasteiger partial charge in [-0.3, -0.25) is 4.79 Å². The van der Waals surface area contributed by atoms with Gasteiger partial charge in [-0.2, -0.15) is 0 Å². The van der Waals surface area contributed by atoms with Gasteiger partial charge < -0.3 is 4.74 Å². The fraction of sp³-hybridized carbons (Fsp3) is 0.984. The molecule has 0 radical (unpaired) electrons. The predicted molar refractivity (Wildman–Crippen MR) is 290 cm³/mol. The predicted octanol–water partition coefficient (Wildman–Crippen LogP) is 23.2. The number of rotatable bonds is 59. The van der Waals surface area contributed by atoms with Gasteiger partial charge in [-0.05, 0) is 12.8 Å². The van der Waals surface area contributed by atoms with Crippen molar-refractivity contribution in [3.05, 3.63) is 0 Å². The molecule has 0 rings (SSSR count). The molecule has 0 aliphatic carbocycles. The summed E-state index contributed by atoms with van der Waals surface area (Å²) < 4.78 is 5.52. The molecule has 0 fully saturated rings. The first-order valence-corrected chi connectivity index (χ1v) is 31.0. The number of carbonyl (C=O) groups excluding carboxylic acids is 1. The van der Waals surface area contributed by atoms with Gasteiger partial charge in [0.05, 0.1) is 6.61 Å². The van der Waals surface area contributed by atoms with E-state index in [0.717, 1.165) is 12.8 Å². The summed E-state index contributed by atoms with van der Waals surface area (Å²) in [6.07, 6.45) is 81.7. The number of ether oxygens (including phenoxy) is 1. The SMILES string of the molecule is CCCCCCCCCCCCCCCCCCCCCCCCCCCCCCCCC(=O)OCCCCCCCCCCCCCCCCCCCCCCCCCCCCC. The molecule has 0 amide bonds. The second kappa shape index (κ2) is 60.5. The third kappa shape index (κ3) is 59.5. The van der Waals surface area contributed by atoms with Crippen LogP contribution in [0.1, 0.15) is 386 Å². The lowest BCUT2D eigenvalue weighted by molar-refractivity contribution is -0.143. The Morgan fingerprint density at radius 2 is 0.344 bits per heavy atom. The highest BCUT2D eigenvalue weighted by molar-refractivity contribution is 5.69. The molecule has 0 bridgehead atoms. The Kier molecular flexibility index (Phi) is 60.0. The van der Waals surface area contributed by atoms with E-state index in [-0.39, 0.29) is 5.97 Å². The van der Waals surface area contributed by atoms with Crippen molar-refractivity contribution in [1.82, 2.24) is 0 Å². The molecule has 0 spiro atoms. The normalized spacial score (nSPS) is 11.6. The summed E-state index contributed by atoms with van der Waals surface area (Å²) in [5.74, 6) is 0.0371. The van der Waals surface area contributed by atoms with Crippen molar-refractivity contribution < 1.29 is 9.53 Å². The van der Waals surface area contributed by atoms with E-state index in [4.69, 9.17) is 4.74 Å². The maximum Gasteiger partial charge on any atom is 0.305 e. The van der Waals surface area contributed by atoms with Crippen LogP contribution in [-0.4, -0.2) is 12.6 Å². The maximum atomic E-state index is 12.1. The molecule has 0 atom stereocenters. The number of hydrogen-bond donors (Lipinski definition) is 0. The van der Waals surface area contributed by atoms with E-state index < -0.39 is 0 Å². The van der Waals surface area contributed by atoms with Gasteiger partial charge in [0.25, 0.3) is 0 Å². The summed E-state index contributed by atoms with van der Waals surface area (Å²) in [4.78, 5) is 12.1. The lowest BCUT2D eigenvalue weighted by atomic mass is 10.0. The zero-order valence-corrected chi connectivity index (χ0v) is 45.0. The minimum absolute atomic E-state index is 0.0371. The Bertz CT molecular complexity index is 807. The smallest absolute Gasteiger partial charge is 0.305 e. The van der Waals surface area contributed by atoms with Gasteiger partial charge in [0.1, 0.15) is 0 Å². The topological polar surface area (TPSA) is 26.3 Å². The molecule has 0 aromatic rings. The first-order chi connectivity index (χ1) is 31.8. The highest BCUT2D eigenvalue weighted by atomic mass is 16.5. The molecule has 384 valence electrons. The Morgan fingerprint density at radius 3 is 0.516 bits per heavy atom. The molecule has 0 heterocycles. The molecular formula is C62H124O2. The highest BCUT2D eigenvalue weighted by Crippen LogP contribution is 2.19. The van der Waals surface area contributed by atoms with E-state index in [9.17, 15) is 4.79 Å². The quantitative estimate of drug-likeness (QED) is 0.0449. The molecule has 0 N–H and O–H groups in total. The van der Waals surface area contributed by atoms with Crippen LogP contribution in [0.5, 0.6) is 0 Å². The van der Waals surface area contributed by atoms with Crippen LogP contribution in [0.4, 0.5) is 0 Å². The van der Waals surface area contributed by atoms with Gasteiger partial charge in [0.15, 0.2) is 0 Å². The van der Waals surface area contributed by atoms with Crippen LogP contribution in [0.25, 0.3) is 0 Å². The summed E-state index contributed by atoms with van der Waals surface area (Å²) >= 11 is 0. The molecule has 64 heavy (non-hydrogen) atoms. The van der Waals surface area contributed by atoms with E-state index in [2.05, 4.69) is 13.8 Å². The molecule has 0 aromatic heterocycles. The molecule has 0 unspecified atom stereocenters. The average Bonchev–Trinajstić information content (AvgIpc) is 3.30. The van der Waals surface area contributed by atoms with Crippen molar-refractivity contribution in [2.45, 2.75) is 386 Å². The molecule has 0 saturated carbocycles. The lowest BCUT2D eigenvalue weighted by Crippen LogP contribution is -2.05. The van der Waals surface area contributed by atoms with E-state index in [1.54, 1.807) is 0 Å². The molecule has 0 aliphatic rings. The van der Waals surface area contributed by atoms with Gasteiger partial charge in [-0.15, -0.1) is 0 Å². The minimum atomic E-state index is 0.0371. The van der Waals surface area contributed by atoms with Crippen LogP contribution >= 0.6 is 0 Å². The summed E-state index contributed by atoms with van der Waals surface area (Å²) in [5.41, 5.74) is 0. The molecule has 2 nitrogen and oxygen atoms in total. The summed E-state index contributed by atoms with van der Waals surface area (Å²) in [5, 5.41) is 0. The molecule has 2 heteroatoms. The van der Waals surface area contributed by atoms with Crippen molar-refractivity contribution in [3.63, 3.8) is 0 Å². The van der Waals surface area contributed by atoms with E-state index in [1.807, 2.05) is 0 Å². The van der Waals surface area contributed by atoms with E-state index in [0.29, 0.717) is 13.0 Å². The van der Waals surface area contributed by atoms with Crippen molar-refractivity contribution >= 4 is 5.97 Å². The number of carbonyl (C=O) groups is 1. The minimum Gasteiger partial charge on any atom is -0.466 e. The van der Waals surface area contributed by atoms with Crippen LogP contribution in [0.15, 0.2) is 0 Å². The van der Waals surface area contributed by atoms with E-state index >= 15 is 0 Å². The Morgan fingerprint density at radius 1 is 0.203 bits per heavy atom. The summed E-state index contributed by atoms with van der Waals surface area (Å²) in [7, 11) is 0. The monoisotopic (exact) mass is 901 g/mol. The van der Waals surface area contributed by atoms with E-state index in [1.165, 1.54) is 353 Å². The Balaban J connectivity index is 3.14. The van der Waals surface area contributed by atoms with Crippen molar-refractivity contribution in [1.29, 1.82) is 0 Å². The maximum absolute atomic E-state index is 12.1. The lowest BCUT2D eigenvalue weighted by Gasteiger charge is -2.06. The van der Waals surface area contributed by atoms with Crippen LogP contribution in [0, 0.1) is 0 Å². The molecule has 0 aliphatic heterocycles. The molecular weight excluding hydrogens is 777 g/mol. The third-order valence-corrected chi connectivity index (χ3v) is 14.7. The second-order valence-electron chi connectivity index (χ2n) is 21.4. The average molecular weight is 902 g/mol. The zero-order chi connectivity index (χ0) is 46.0. The van der Waals surface area contributed by atoms with Gasteiger partial charge in [-0.1, -0.05) is 367 Å². The fourth-order valence-corrected chi connectivity index (χ4v) is 10.1. The largest absolute Gasteiger partial charge is 0.466 e. The summed E-state index contributed by atoms with van der Waals surface area (Å²) in [6.45, 7) is 5.25.